The van der Waals surface area contributed by atoms with Crippen LogP contribution in [-0.4, -0.2) is 36.9 Å². The van der Waals surface area contributed by atoms with Gasteiger partial charge in [0.25, 0.3) is 0 Å². The van der Waals surface area contributed by atoms with Crippen molar-refractivity contribution in [3.63, 3.8) is 0 Å². The first-order valence-electron chi connectivity index (χ1n) is 5.35. The third-order valence-corrected chi connectivity index (χ3v) is 2.66. The van der Waals surface area contributed by atoms with Gasteiger partial charge in [-0.1, -0.05) is 0 Å². The Kier molecular flexibility index (Phi) is 2.45. The van der Waals surface area contributed by atoms with Crippen LogP contribution in [0.4, 0.5) is 0 Å². The van der Waals surface area contributed by atoms with E-state index in [0.29, 0.717) is 17.4 Å². The molecule has 92 valence electrons. The molecule has 7 nitrogen and oxygen atoms in total. The molecule has 3 aromatic rings. The van der Waals surface area contributed by atoms with Gasteiger partial charge in [-0.15, -0.1) is 5.10 Å². The van der Waals surface area contributed by atoms with E-state index in [4.69, 9.17) is 9.84 Å². The Morgan fingerprint density at radius 3 is 3.06 bits per heavy atom. The van der Waals surface area contributed by atoms with Crippen LogP contribution in [0.1, 0.15) is 5.82 Å². The van der Waals surface area contributed by atoms with Crippen LogP contribution in [-0.2, 0) is 6.61 Å². The molecule has 7 heteroatoms. The molecular weight excluding hydrogens is 234 g/mol. The van der Waals surface area contributed by atoms with Crippen LogP contribution in [0.5, 0.6) is 5.75 Å². The average Bonchev–Trinajstić information content (AvgIpc) is 3.06. The molecule has 3 aromatic heterocycles. The molecule has 0 amide bonds. The summed E-state index contributed by atoms with van der Waals surface area (Å²) in [5.41, 5.74) is 0.809. The Balaban J connectivity index is 2.20. The zero-order chi connectivity index (χ0) is 12.5. The molecule has 3 rings (SSSR count). The molecule has 0 aromatic carbocycles. The Labute approximate surface area is 102 Å². The fraction of sp³-hybridized carbons (Fsp3) is 0.182. The predicted molar refractivity (Wildman–Crippen MR) is 63.5 cm³/mol. The summed E-state index contributed by atoms with van der Waals surface area (Å²) < 4.78 is 6.75. The van der Waals surface area contributed by atoms with Crippen molar-refractivity contribution in [2.45, 2.75) is 6.61 Å². The Bertz CT molecular complexity index is 688. The lowest BCUT2D eigenvalue weighted by atomic mass is 10.3. The SMILES string of the molecule is COc1cnc(-n2cnc(CO)n2)c2[nH]ccc12. The molecule has 0 bridgehead atoms. The van der Waals surface area contributed by atoms with Gasteiger partial charge in [-0.3, -0.25) is 0 Å². The first-order chi connectivity index (χ1) is 8.83. The highest BCUT2D eigenvalue weighted by Gasteiger charge is 2.12. The third kappa shape index (κ3) is 1.52. The molecule has 0 saturated heterocycles. The lowest BCUT2D eigenvalue weighted by Crippen LogP contribution is -2.01. The molecule has 0 fully saturated rings. The number of hydrogen-bond donors (Lipinski definition) is 2. The van der Waals surface area contributed by atoms with Gasteiger partial charge in [0.15, 0.2) is 11.6 Å². The normalized spacial score (nSPS) is 11.0. The van der Waals surface area contributed by atoms with Crippen LogP contribution in [0.3, 0.4) is 0 Å². The van der Waals surface area contributed by atoms with Crippen molar-refractivity contribution < 1.29 is 9.84 Å². The molecule has 0 aliphatic carbocycles. The molecule has 18 heavy (non-hydrogen) atoms. The number of methoxy groups -OCH3 is 1. The number of aromatic amines is 1. The van der Waals surface area contributed by atoms with Crippen LogP contribution >= 0.6 is 0 Å². The lowest BCUT2D eigenvalue weighted by molar-refractivity contribution is 0.271. The Morgan fingerprint density at radius 1 is 1.44 bits per heavy atom. The summed E-state index contributed by atoms with van der Waals surface area (Å²) in [5, 5.41) is 14.0. The van der Waals surface area contributed by atoms with Crippen molar-refractivity contribution in [3.8, 4) is 11.6 Å². The number of pyridine rings is 1. The first kappa shape index (κ1) is 10.7. The highest BCUT2D eigenvalue weighted by Crippen LogP contribution is 2.27. The highest BCUT2D eigenvalue weighted by molar-refractivity contribution is 5.90. The molecule has 0 atom stereocenters. The number of H-pyrrole nitrogens is 1. The minimum absolute atomic E-state index is 0.197. The number of aliphatic hydroxyl groups is 1. The molecule has 0 unspecified atom stereocenters. The number of ether oxygens (including phenoxy) is 1. The van der Waals surface area contributed by atoms with Crippen LogP contribution in [0.25, 0.3) is 16.7 Å². The molecule has 3 heterocycles. The summed E-state index contributed by atoms with van der Waals surface area (Å²) in [4.78, 5) is 11.3. The number of aliphatic hydroxyl groups excluding tert-OH is 1. The van der Waals surface area contributed by atoms with E-state index in [2.05, 4.69) is 20.1 Å². The maximum absolute atomic E-state index is 8.97. The van der Waals surface area contributed by atoms with Crippen molar-refractivity contribution in [1.82, 2.24) is 24.7 Å². The molecular formula is C11H11N5O2. The van der Waals surface area contributed by atoms with Crippen molar-refractivity contribution >= 4 is 10.9 Å². The first-order valence-corrected chi connectivity index (χ1v) is 5.35. The average molecular weight is 245 g/mol. The van der Waals surface area contributed by atoms with E-state index < -0.39 is 0 Å². The summed E-state index contributed by atoms with van der Waals surface area (Å²) in [6.07, 6.45) is 4.95. The maximum atomic E-state index is 8.97. The molecule has 0 aliphatic rings. The second-order valence-electron chi connectivity index (χ2n) is 3.68. The van der Waals surface area contributed by atoms with Gasteiger partial charge >= 0.3 is 0 Å². The quantitative estimate of drug-likeness (QED) is 0.707. The van der Waals surface area contributed by atoms with Crippen LogP contribution < -0.4 is 4.74 Å². The summed E-state index contributed by atoms with van der Waals surface area (Å²) in [7, 11) is 1.60. The minimum atomic E-state index is -0.197. The topological polar surface area (TPSA) is 88.8 Å². The van der Waals surface area contributed by atoms with Gasteiger partial charge in [0, 0.05) is 11.6 Å². The lowest BCUT2D eigenvalue weighted by Gasteiger charge is -2.05. The number of fused-ring (bicyclic) bond motifs is 1. The minimum Gasteiger partial charge on any atom is -0.494 e. The van der Waals surface area contributed by atoms with Crippen LogP contribution in [0.2, 0.25) is 0 Å². The van der Waals surface area contributed by atoms with Gasteiger partial charge in [-0.2, -0.15) is 0 Å². The highest BCUT2D eigenvalue weighted by atomic mass is 16.5. The van der Waals surface area contributed by atoms with Gasteiger partial charge in [-0.05, 0) is 6.07 Å². The van der Waals surface area contributed by atoms with E-state index in [1.54, 1.807) is 13.3 Å². The fourth-order valence-electron chi connectivity index (χ4n) is 1.82. The smallest absolute Gasteiger partial charge is 0.179 e. The molecule has 0 saturated carbocycles. The Morgan fingerprint density at radius 2 is 2.33 bits per heavy atom. The van der Waals surface area contributed by atoms with Crippen molar-refractivity contribution in [3.05, 3.63) is 30.6 Å². The van der Waals surface area contributed by atoms with Crippen molar-refractivity contribution in [2.75, 3.05) is 7.11 Å². The van der Waals surface area contributed by atoms with Crippen LogP contribution in [0, 0.1) is 0 Å². The standard InChI is InChI=1S/C11H11N5O2/c1-18-8-4-13-11(10-7(8)2-3-12-10)16-6-14-9(5-17)15-16/h2-4,6,12,17H,5H2,1H3. The number of aromatic nitrogens is 5. The Hall–Kier alpha value is -2.41. The monoisotopic (exact) mass is 245 g/mol. The number of rotatable bonds is 3. The molecule has 0 spiro atoms. The van der Waals surface area contributed by atoms with E-state index >= 15 is 0 Å². The predicted octanol–water partition coefficient (Wildman–Crippen LogP) is 0.644. The van der Waals surface area contributed by atoms with E-state index in [1.165, 1.54) is 11.0 Å². The summed E-state index contributed by atoms with van der Waals surface area (Å²) in [5.74, 6) is 1.66. The zero-order valence-corrected chi connectivity index (χ0v) is 9.66. The van der Waals surface area contributed by atoms with Gasteiger partial charge in [0.2, 0.25) is 0 Å². The van der Waals surface area contributed by atoms with Gasteiger partial charge in [0.05, 0.1) is 18.8 Å². The zero-order valence-electron chi connectivity index (χ0n) is 9.66. The van der Waals surface area contributed by atoms with Gasteiger partial charge < -0.3 is 14.8 Å². The van der Waals surface area contributed by atoms with Crippen molar-refractivity contribution in [2.24, 2.45) is 0 Å². The number of hydrogen-bond acceptors (Lipinski definition) is 5. The van der Waals surface area contributed by atoms with E-state index in [0.717, 1.165) is 10.9 Å². The van der Waals surface area contributed by atoms with E-state index in [-0.39, 0.29) is 6.61 Å². The summed E-state index contributed by atoms with van der Waals surface area (Å²) in [6.45, 7) is -0.197. The van der Waals surface area contributed by atoms with Gasteiger partial charge in [-0.25, -0.2) is 14.6 Å². The number of nitrogens with zero attached hydrogens (tertiary/aromatic N) is 4. The second kappa shape index (κ2) is 4.11. The van der Waals surface area contributed by atoms with Gasteiger partial charge in [0.1, 0.15) is 18.7 Å². The van der Waals surface area contributed by atoms with Crippen molar-refractivity contribution in [1.29, 1.82) is 0 Å². The largest absolute Gasteiger partial charge is 0.494 e. The third-order valence-electron chi connectivity index (χ3n) is 2.66. The molecule has 0 aliphatic heterocycles. The summed E-state index contributed by atoms with van der Waals surface area (Å²) >= 11 is 0. The van der Waals surface area contributed by atoms with E-state index in [9.17, 15) is 0 Å². The summed E-state index contributed by atoms with van der Waals surface area (Å²) in [6, 6.07) is 1.91. The second-order valence-corrected chi connectivity index (χ2v) is 3.68. The fourth-order valence-corrected chi connectivity index (χ4v) is 1.82. The number of nitrogens with one attached hydrogen (secondary N) is 1. The molecule has 0 radical (unpaired) electrons. The van der Waals surface area contributed by atoms with Crippen LogP contribution in [0.15, 0.2) is 24.8 Å². The maximum Gasteiger partial charge on any atom is 0.179 e. The van der Waals surface area contributed by atoms with E-state index in [1.807, 2.05) is 12.3 Å². The molecule has 2 N–H and O–H groups in total.